The normalized spacial score (nSPS) is 10.3. The molecule has 3 aromatic rings. The summed E-state index contributed by atoms with van der Waals surface area (Å²) in [5, 5.41) is 0. The van der Waals surface area contributed by atoms with Gasteiger partial charge in [-0.05, 0) is 49.7 Å². The fourth-order valence-electron chi connectivity index (χ4n) is 2.56. The number of ether oxygens (including phenoxy) is 2. The van der Waals surface area contributed by atoms with Gasteiger partial charge in [0.25, 0.3) is 0 Å². The van der Waals surface area contributed by atoms with E-state index in [1.165, 1.54) is 6.07 Å². The second kappa shape index (κ2) is 10.7. The van der Waals surface area contributed by atoms with Gasteiger partial charge in [-0.3, -0.25) is 20.4 Å². The van der Waals surface area contributed by atoms with Crippen LogP contribution in [0.5, 0.6) is 11.5 Å². The molecule has 0 saturated heterocycles. The Balaban J connectivity index is 1.33. The lowest BCUT2D eigenvalue weighted by Crippen LogP contribution is -2.41. The van der Waals surface area contributed by atoms with Gasteiger partial charge in [-0.25, -0.2) is 0 Å². The van der Waals surface area contributed by atoms with Crippen LogP contribution in [0, 0.1) is 6.92 Å². The van der Waals surface area contributed by atoms with Gasteiger partial charge in [0.2, 0.25) is 5.91 Å². The molecule has 3 rings (SSSR count). The summed E-state index contributed by atoms with van der Waals surface area (Å²) in [6.07, 6.45) is 0.748. The molecule has 0 saturated carbocycles. The fourth-order valence-corrected chi connectivity index (χ4v) is 2.56. The largest absolute Gasteiger partial charge is 0.494 e. The van der Waals surface area contributed by atoms with E-state index in [9.17, 15) is 9.59 Å². The molecule has 0 spiro atoms. The van der Waals surface area contributed by atoms with Crippen molar-refractivity contribution in [1.82, 2.24) is 10.9 Å². The molecule has 0 aliphatic heterocycles. The smallest absolute Gasteiger partial charge is 0.305 e. The van der Waals surface area contributed by atoms with Crippen LogP contribution in [0.25, 0.3) is 0 Å². The third-order valence-corrected chi connectivity index (χ3v) is 4.16. The standard InChI is InChI=1S/C23H24N2O5/c1-17-9-11-19(12-10-17)28-15-5-8-22(26)24-25-23(27)21-14-13-20(30-21)16-29-18-6-3-2-4-7-18/h2-4,6-7,9-14H,5,8,15-16H2,1H3,(H,24,26)(H,25,27). The van der Waals surface area contributed by atoms with Crippen LogP contribution in [0.4, 0.5) is 0 Å². The summed E-state index contributed by atoms with van der Waals surface area (Å²) < 4.78 is 16.6. The van der Waals surface area contributed by atoms with Gasteiger partial charge in [-0.2, -0.15) is 0 Å². The molecule has 0 unspecified atom stereocenters. The van der Waals surface area contributed by atoms with Crippen LogP contribution in [0.3, 0.4) is 0 Å². The second-order valence-corrected chi connectivity index (χ2v) is 6.64. The molecule has 0 fully saturated rings. The van der Waals surface area contributed by atoms with Crippen molar-refractivity contribution in [2.24, 2.45) is 0 Å². The summed E-state index contributed by atoms with van der Waals surface area (Å²) in [6, 6.07) is 20.2. The molecule has 30 heavy (non-hydrogen) atoms. The number of hydrazine groups is 1. The van der Waals surface area contributed by atoms with Crippen LogP contribution in [0.15, 0.2) is 71.1 Å². The van der Waals surface area contributed by atoms with E-state index in [1.54, 1.807) is 6.07 Å². The molecule has 1 heterocycles. The zero-order valence-corrected chi connectivity index (χ0v) is 16.7. The second-order valence-electron chi connectivity index (χ2n) is 6.64. The van der Waals surface area contributed by atoms with E-state index < -0.39 is 5.91 Å². The van der Waals surface area contributed by atoms with Crippen molar-refractivity contribution in [2.45, 2.75) is 26.4 Å². The average Bonchev–Trinajstić information content (AvgIpc) is 3.25. The lowest BCUT2D eigenvalue weighted by atomic mass is 10.2. The molecule has 0 radical (unpaired) electrons. The Kier molecular flexibility index (Phi) is 7.49. The number of carbonyl (C=O) groups excluding carboxylic acids is 2. The van der Waals surface area contributed by atoms with E-state index in [-0.39, 0.29) is 24.7 Å². The highest BCUT2D eigenvalue weighted by atomic mass is 16.5. The summed E-state index contributed by atoms with van der Waals surface area (Å²) in [4.78, 5) is 24.0. The summed E-state index contributed by atoms with van der Waals surface area (Å²) in [7, 11) is 0. The summed E-state index contributed by atoms with van der Waals surface area (Å²) in [6.45, 7) is 2.61. The summed E-state index contributed by atoms with van der Waals surface area (Å²) in [5.74, 6) is 1.21. The monoisotopic (exact) mass is 408 g/mol. The number of benzene rings is 2. The number of rotatable bonds is 9. The van der Waals surface area contributed by atoms with E-state index in [0.29, 0.717) is 24.5 Å². The van der Waals surface area contributed by atoms with E-state index in [1.807, 2.05) is 61.5 Å². The Hall–Kier alpha value is -3.74. The maximum absolute atomic E-state index is 12.1. The van der Waals surface area contributed by atoms with E-state index in [0.717, 1.165) is 11.3 Å². The Bertz CT molecular complexity index is 951. The van der Waals surface area contributed by atoms with Crippen molar-refractivity contribution < 1.29 is 23.5 Å². The van der Waals surface area contributed by atoms with Crippen molar-refractivity contribution >= 4 is 11.8 Å². The molecule has 2 aromatic carbocycles. The van der Waals surface area contributed by atoms with Crippen molar-refractivity contribution in [3.8, 4) is 11.5 Å². The Morgan fingerprint density at radius 3 is 2.37 bits per heavy atom. The average molecular weight is 408 g/mol. The van der Waals surface area contributed by atoms with Gasteiger partial charge in [0.05, 0.1) is 6.61 Å². The molecule has 7 heteroatoms. The van der Waals surface area contributed by atoms with Crippen LogP contribution in [0.1, 0.15) is 34.7 Å². The van der Waals surface area contributed by atoms with Crippen LogP contribution >= 0.6 is 0 Å². The molecular formula is C23H24N2O5. The molecule has 2 N–H and O–H groups in total. The zero-order valence-electron chi connectivity index (χ0n) is 16.7. The van der Waals surface area contributed by atoms with E-state index in [4.69, 9.17) is 13.9 Å². The number of aryl methyl sites for hydroxylation is 1. The minimum absolute atomic E-state index is 0.0877. The molecule has 2 amide bonds. The van der Waals surface area contributed by atoms with Gasteiger partial charge in [-0.1, -0.05) is 35.9 Å². The van der Waals surface area contributed by atoms with Crippen LogP contribution in [-0.2, 0) is 11.4 Å². The fraction of sp³-hybridized carbons (Fsp3) is 0.217. The number of hydrogen-bond donors (Lipinski definition) is 2. The number of carbonyl (C=O) groups is 2. The number of furan rings is 1. The first kappa shape index (κ1) is 21.0. The quantitative estimate of drug-likeness (QED) is 0.415. The lowest BCUT2D eigenvalue weighted by molar-refractivity contribution is -0.122. The van der Waals surface area contributed by atoms with E-state index in [2.05, 4.69) is 10.9 Å². The Labute approximate surface area is 175 Å². The lowest BCUT2D eigenvalue weighted by Gasteiger charge is -2.08. The van der Waals surface area contributed by atoms with Crippen molar-refractivity contribution in [3.05, 3.63) is 83.8 Å². The minimum Gasteiger partial charge on any atom is -0.494 e. The molecule has 156 valence electrons. The molecule has 0 atom stereocenters. The summed E-state index contributed by atoms with van der Waals surface area (Å²) >= 11 is 0. The maximum Gasteiger partial charge on any atom is 0.305 e. The zero-order chi connectivity index (χ0) is 21.2. The van der Waals surface area contributed by atoms with Crippen molar-refractivity contribution in [1.29, 1.82) is 0 Å². The topological polar surface area (TPSA) is 89.8 Å². The van der Waals surface area contributed by atoms with Crippen LogP contribution < -0.4 is 20.3 Å². The predicted octanol–water partition coefficient (Wildman–Crippen LogP) is 3.79. The SMILES string of the molecule is Cc1ccc(OCCCC(=O)NNC(=O)c2ccc(COc3ccccc3)o2)cc1. The van der Waals surface area contributed by atoms with E-state index >= 15 is 0 Å². The maximum atomic E-state index is 12.1. The third-order valence-electron chi connectivity index (χ3n) is 4.16. The van der Waals surface area contributed by atoms with Gasteiger partial charge >= 0.3 is 5.91 Å². The first-order valence-corrected chi connectivity index (χ1v) is 9.65. The number of para-hydroxylation sites is 1. The highest BCUT2D eigenvalue weighted by Gasteiger charge is 2.12. The summed E-state index contributed by atoms with van der Waals surface area (Å²) in [5.41, 5.74) is 5.86. The molecule has 0 bridgehead atoms. The van der Waals surface area contributed by atoms with Gasteiger partial charge in [-0.15, -0.1) is 0 Å². The first-order valence-electron chi connectivity index (χ1n) is 9.65. The molecular weight excluding hydrogens is 384 g/mol. The van der Waals surface area contributed by atoms with Gasteiger partial charge in [0.15, 0.2) is 5.76 Å². The van der Waals surface area contributed by atoms with Crippen LogP contribution in [-0.4, -0.2) is 18.4 Å². The predicted molar refractivity (Wildman–Crippen MR) is 111 cm³/mol. The highest BCUT2D eigenvalue weighted by Crippen LogP contribution is 2.14. The third kappa shape index (κ3) is 6.70. The molecule has 1 aromatic heterocycles. The molecule has 7 nitrogen and oxygen atoms in total. The van der Waals surface area contributed by atoms with Crippen LogP contribution in [0.2, 0.25) is 0 Å². The van der Waals surface area contributed by atoms with Gasteiger partial charge in [0.1, 0.15) is 23.9 Å². The number of nitrogens with one attached hydrogen (secondary N) is 2. The van der Waals surface area contributed by atoms with Crippen molar-refractivity contribution in [2.75, 3.05) is 6.61 Å². The minimum atomic E-state index is -0.537. The van der Waals surface area contributed by atoms with Crippen molar-refractivity contribution in [3.63, 3.8) is 0 Å². The number of amides is 2. The molecule has 0 aliphatic rings. The molecule has 0 aliphatic carbocycles. The first-order chi connectivity index (χ1) is 14.6. The van der Waals surface area contributed by atoms with Gasteiger partial charge in [0, 0.05) is 6.42 Å². The van der Waals surface area contributed by atoms with Gasteiger partial charge < -0.3 is 13.9 Å². The Morgan fingerprint density at radius 1 is 0.867 bits per heavy atom. The Morgan fingerprint density at radius 2 is 1.60 bits per heavy atom. The highest BCUT2D eigenvalue weighted by molar-refractivity contribution is 5.92. The number of hydrogen-bond acceptors (Lipinski definition) is 5.